The highest BCUT2D eigenvalue weighted by molar-refractivity contribution is 7.15. The fraction of sp³-hybridized carbons (Fsp3) is 0.333. The second-order valence-electron chi connectivity index (χ2n) is 8.45. The number of halogens is 1. The van der Waals surface area contributed by atoms with Crippen LogP contribution < -0.4 is 19.5 Å². The highest BCUT2D eigenvalue weighted by Gasteiger charge is 2.16. The first-order valence-electron chi connectivity index (χ1n) is 11.8. The van der Waals surface area contributed by atoms with Gasteiger partial charge in [-0.3, -0.25) is 10.1 Å². The third-order valence-corrected chi connectivity index (χ3v) is 6.10. The van der Waals surface area contributed by atoms with E-state index in [1.54, 1.807) is 12.1 Å². The first kappa shape index (κ1) is 28.0. The second kappa shape index (κ2) is 13.6. The summed E-state index contributed by atoms with van der Waals surface area (Å²) in [6.07, 6.45) is 2.20. The second-order valence-corrected chi connectivity index (χ2v) is 9.92. The Morgan fingerprint density at radius 3 is 2.62 bits per heavy atom. The molecule has 1 amide bonds. The van der Waals surface area contributed by atoms with Crippen LogP contribution in [0.15, 0.2) is 42.0 Å². The van der Waals surface area contributed by atoms with Gasteiger partial charge in [-0.15, -0.1) is 10.2 Å². The van der Waals surface area contributed by atoms with Crippen LogP contribution in [0.5, 0.6) is 17.2 Å². The molecular formula is C27H29ClN4O4S. The topological polar surface area (TPSA) is 106 Å². The molecule has 0 aliphatic heterocycles. The standard InChI is InChI=1S/C27H29ClN4O4S/c1-5-34-23-15-19(13-20(16-29)26(33)30-27-32-31-24(37-27)12-17(2)3)14-21(28)25(23)36-11-10-35-22-9-7-6-8-18(22)4/h6-9,13-15,17H,5,10-12H2,1-4H3,(H,30,32,33)/b20-13-. The summed E-state index contributed by atoms with van der Waals surface area (Å²) in [6.45, 7) is 8.90. The Kier molecular flexibility index (Phi) is 10.3. The molecule has 0 unspecified atom stereocenters. The number of amides is 1. The lowest BCUT2D eigenvalue weighted by molar-refractivity contribution is -0.112. The number of aromatic nitrogens is 2. The van der Waals surface area contributed by atoms with Crippen molar-refractivity contribution in [3.63, 3.8) is 0 Å². The van der Waals surface area contributed by atoms with E-state index in [9.17, 15) is 10.1 Å². The van der Waals surface area contributed by atoms with Gasteiger partial charge in [-0.1, -0.05) is 55.0 Å². The fourth-order valence-electron chi connectivity index (χ4n) is 3.30. The van der Waals surface area contributed by atoms with E-state index in [4.69, 9.17) is 25.8 Å². The van der Waals surface area contributed by atoms with E-state index >= 15 is 0 Å². The van der Waals surface area contributed by atoms with E-state index in [2.05, 4.69) is 29.4 Å². The van der Waals surface area contributed by atoms with Gasteiger partial charge in [0.25, 0.3) is 5.91 Å². The number of carbonyl (C=O) groups is 1. The molecule has 1 N–H and O–H groups in total. The molecule has 0 aliphatic rings. The van der Waals surface area contributed by atoms with Gasteiger partial charge in [0.2, 0.25) is 5.13 Å². The first-order valence-corrected chi connectivity index (χ1v) is 13.0. The van der Waals surface area contributed by atoms with Crippen molar-refractivity contribution >= 4 is 40.1 Å². The molecule has 8 nitrogen and oxygen atoms in total. The Morgan fingerprint density at radius 2 is 1.92 bits per heavy atom. The SMILES string of the molecule is CCOc1cc(/C=C(/C#N)C(=O)Nc2nnc(CC(C)C)s2)cc(Cl)c1OCCOc1ccccc1C. The Hall–Kier alpha value is -3.61. The predicted octanol–water partition coefficient (Wildman–Crippen LogP) is 6.10. The van der Waals surface area contributed by atoms with E-state index in [0.717, 1.165) is 22.7 Å². The summed E-state index contributed by atoms with van der Waals surface area (Å²) in [6, 6.07) is 12.9. The van der Waals surface area contributed by atoms with Crippen LogP contribution >= 0.6 is 22.9 Å². The number of carbonyl (C=O) groups excluding carboxylic acids is 1. The lowest BCUT2D eigenvalue weighted by atomic mass is 10.1. The van der Waals surface area contributed by atoms with Gasteiger partial charge in [0.1, 0.15) is 35.6 Å². The largest absolute Gasteiger partial charge is 0.490 e. The zero-order valence-corrected chi connectivity index (χ0v) is 22.8. The lowest BCUT2D eigenvalue weighted by Gasteiger charge is -2.15. The number of para-hydroxylation sites is 1. The van der Waals surface area contributed by atoms with Crippen LogP contribution in [-0.2, 0) is 11.2 Å². The van der Waals surface area contributed by atoms with Gasteiger partial charge in [-0.2, -0.15) is 5.26 Å². The van der Waals surface area contributed by atoms with Crippen molar-refractivity contribution in [1.82, 2.24) is 10.2 Å². The Labute approximate surface area is 225 Å². The molecule has 194 valence electrons. The minimum Gasteiger partial charge on any atom is -0.490 e. The van der Waals surface area contributed by atoms with E-state index < -0.39 is 5.91 Å². The average Bonchev–Trinajstić information content (AvgIpc) is 3.28. The third-order valence-electron chi connectivity index (χ3n) is 4.96. The molecule has 3 rings (SSSR count). The summed E-state index contributed by atoms with van der Waals surface area (Å²) < 4.78 is 17.4. The molecule has 10 heteroatoms. The van der Waals surface area contributed by atoms with Crippen molar-refractivity contribution in [3.05, 3.63) is 63.1 Å². The minimum atomic E-state index is -0.586. The number of ether oxygens (including phenoxy) is 3. The molecule has 1 heterocycles. The van der Waals surface area contributed by atoms with Crippen LogP contribution in [0.25, 0.3) is 6.08 Å². The molecule has 0 spiro atoms. The normalized spacial score (nSPS) is 11.2. The number of benzene rings is 2. The number of nitrogens with zero attached hydrogens (tertiary/aromatic N) is 3. The molecular weight excluding hydrogens is 512 g/mol. The quantitative estimate of drug-likeness (QED) is 0.168. The van der Waals surface area contributed by atoms with Crippen molar-refractivity contribution in [2.45, 2.75) is 34.1 Å². The van der Waals surface area contributed by atoms with E-state index in [-0.39, 0.29) is 17.2 Å². The zero-order chi connectivity index (χ0) is 26.8. The Balaban J connectivity index is 1.71. The van der Waals surface area contributed by atoms with Gasteiger partial charge >= 0.3 is 0 Å². The number of nitriles is 1. The van der Waals surface area contributed by atoms with E-state index in [0.29, 0.717) is 41.3 Å². The number of hydrogen-bond donors (Lipinski definition) is 1. The molecule has 0 atom stereocenters. The average molecular weight is 541 g/mol. The molecule has 3 aromatic rings. The van der Waals surface area contributed by atoms with Crippen molar-refractivity contribution in [2.75, 3.05) is 25.1 Å². The number of nitrogens with one attached hydrogen (secondary N) is 1. The van der Waals surface area contributed by atoms with Crippen LogP contribution in [0.4, 0.5) is 5.13 Å². The highest BCUT2D eigenvalue weighted by atomic mass is 35.5. The zero-order valence-electron chi connectivity index (χ0n) is 21.2. The van der Waals surface area contributed by atoms with E-state index in [1.165, 1.54) is 17.4 Å². The Morgan fingerprint density at radius 1 is 1.16 bits per heavy atom. The van der Waals surface area contributed by atoms with Crippen LogP contribution in [0.2, 0.25) is 5.02 Å². The number of aryl methyl sites for hydroxylation is 1. The van der Waals surface area contributed by atoms with Gasteiger partial charge < -0.3 is 14.2 Å². The van der Waals surface area contributed by atoms with Crippen molar-refractivity contribution < 1.29 is 19.0 Å². The molecule has 0 saturated heterocycles. The van der Waals surface area contributed by atoms with Gasteiger partial charge in [0.15, 0.2) is 11.5 Å². The summed E-state index contributed by atoms with van der Waals surface area (Å²) in [5.41, 5.74) is 1.44. The summed E-state index contributed by atoms with van der Waals surface area (Å²) in [5, 5.41) is 21.7. The van der Waals surface area contributed by atoms with Crippen LogP contribution in [0.1, 0.15) is 36.9 Å². The Bertz CT molecular complexity index is 1300. The number of hydrogen-bond acceptors (Lipinski definition) is 8. The molecule has 0 aliphatic carbocycles. The summed E-state index contributed by atoms with van der Waals surface area (Å²) in [7, 11) is 0. The molecule has 0 radical (unpaired) electrons. The monoisotopic (exact) mass is 540 g/mol. The van der Waals surface area contributed by atoms with Crippen molar-refractivity contribution in [1.29, 1.82) is 5.26 Å². The summed E-state index contributed by atoms with van der Waals surface area (Å²) >= 11 is 7.78. The maximum absolute atomic E-state index is 12.7. The molecule has 2 aromatic carbocycles. The number of rotatable bonds is 12. The fourth-order valence-corrected chi connectivity index (χ4v) is 4.52. The van der Waals surface area contributed by atoms with Crippen molar-refractivity contribution in [2.24, 2.45) is 5.92 Å². The highest BCUT2D eigenvalue weighted by Crippen LogP contribution is 2.37. The van der Waals surface area contributed by atoms with Gasteiger partial charge in [0.05, 0.1) is 11.6 Å². The molecule has 1 aromatic heterocycles. The molecule has 0 bridgehead atoms. The molecule has 0 saturated carbocycles. The lowest BCUT2D eigenvalue weighted by Crippen LogP contribution is -2.13. The number of anilines is 1. The maximum atomic E-state index is 12.7. The smallest absolute Gasteiger partial charge is 0.268 e. The van der Waals surface area contributed by atoms with Crippen LogP contribution in [-0.4, -0.2) is 35.9 Å². The predicted molar refractivity (Wildman–Crippen MR) is 145 cm³/mol. The molecule has 37 heavy (non-hydrogen) atoms. The van der Waals surface area contributed by atoms with Gasteiger partial charge in [0, 0.05) is 6.42 Å². The van der Waals surface area contributed by atoms with Crippen LogP contribution in [0, 0.1) is 24.2 Å². The van der Waals surface area contributed by atoms with E-state index in [1.807, 2.05) is 44.2 Å². The summed E-state index contributed by atoms with van der Waals surface area (Å²) in [5.74, 6) is 1.39. The van der Waals surface area contributed by atoms with Gasteiger partial charge in [-0.05, 0) is 55.2 Å². The van der Waals surface area contributed by atoms with Crippen molar-refractivity contribution in [3.8, 4) is 23.3 Å². The summed E-state index contributed by atoms with van der Waals surface area (Å²) in [4.78, 5) is 12.7. The third kappa shape index (κ3) is 8.20. The molecule has 0 fully saturated rings. The van der Waals surface area contributed by atoms with Gasteiger partial charge in [-0.25, -0.2) is 0 Å². The maximum Gasteiger partial charge on any atom is 0.268 e. The first-order chi connectivity index (χ1) is 17.8. The minimum absolute atomic E-state index is 0.112. The van der Waals surface area contributed by atoms with Crippen LogP contribution in [0.3, 0.4) is 0 Å².